The van der Waals surface area contributed by atoms with Crippen LogP contribution in [0.15, 0.2) is 36.8 Å². The number of hydrazine groups is 1. The van der Waals surface area contributed by atoms with Crippen molar-refractivity contribution in [3.63, 3.8) is 0 Å². The number of amides is 1. The molecule has 0 radical (unpaired) electrons. The van der Waals surface area contributed by atoms with Gasteiger partial charge in [-0.2, -0.15) is 0 Å². The molecule has 8 heteroatoms. The molecule has 0 atom stereocenters. The summed E-state index contributed by atoms with van der Waals surface area (Å²) in [4.78, 5) is 19.8. The molecule has 1 aliphatic heterocycles. The van der Waals surface area contributed by atoms with Gasteiger partial charge in [0.1, 0.15) is 5.65 Å². The molecule has 4 heterocycles. The summed E-state index contributed by atoms with van der Waals surface area (Å²) in [6, 6.07) is 6.09. The third kappa shape index (κ3) is 2.74. The lowest BCUT2D eigenvalue weighted by molar-refractivity contribution is 0.208. The van der Waals surface area contributed by atoms with Gasteiger partial charge in [-0.15, -0.1) is 0 Å². The van der Waals surface area contributed by atoms with E-state index in [-0.39, 0.29) is 5.88 Å². The number of carbonyl (C=O) groups excluding carboxylic acids is 1. The number of carbonyl (C=O) groups is 1. The van der Waals surface area contributed by atoms with E-state index in [1.54, 1.807) is 6.20 Å². The Balaban J connectivity index is 1.35. The average molecular weight is 350 g/mol. The molecule has 3 aromatic heterocycles. The number of nitrogens with zero attached hydrogens (tertiary/aromatic N) is 4. The van der Waals surface area contributed by atoms with Gasteiger partial charge in [-0.05, 0) is 36.5 Å². The van der Waals surface area contributed by atoms with Crippen molar-refractivity contribution in [3.8, 4) is 5.88 Å². The fraction of sp³-hybridized carbons (Fsp3) is 0.278. The predicted octanol–water partition coefficient (Wildman–Crippen LogP) is 2.41. The Morgan fingerprint density at radius 1 is 1.31 bits per heavy atom. The van der Waals surface area contributed by atoms with Gasteiger partial charge in [-0.3, -0.25) is 0 Å². The quantitative estimate of drug-likeness (QED) is 0.750. The minimum atomic E-state index is -0.865. The highest BCUT2D eigenvalue weighted by Gasteiger charge is 2.25. The van der Waals surface area contributed by atoms with Gasteiger partial charge in [0, 0.05) is 18.6 Å². The first-order valence-electron chi connectivity index (χ1n) is 8.60. The van der Waals surface area contributed by atoms with Crippen LogP contribution in [0.1, 0.15) is 35.6 Å². The van der Waals surface area contributed by atoms with E-state index in [1.807, 2.05) is 11.1 Å². The third-order valence-electron chi connectivity index (χ3n) is 4.77. The van der Waals surface area contributed by atoms with Crippen LogP contribution in [-0.4, -0.2) is 25.5 Å². The predicted molar refractivity (Wildman–Crippen MR) is 94.5 cm³/mol. The van der Waals surface area contributed by atoms with Gasteiger partial charge in [0.25, 0.3) is 0 Å². The van der Waals surface area contributed by atoms with E-state index in [1.165, 1.54) is 18.4 Å². The highest BCUT2D eigenvalue weighted by molar-refractivity contribution is 5.69. The number of nitrogens with two attached hydrogens (primary N) is 1. The van der Waals surface area contributed by atoms with Gasteiger partial charge in [0.2, 0.25) is 5.88 Å². The molecule has 3 N–H and O–H groups in total. The van der Waals surface area contributed by atoms with Crippen molar-refractivity contribution in [3.05, 3.63) is 53.6 Å². The second kappa shape index (κ2) is 5.70. The first kappa shape index (κ1) is 15.2. The van der Waals surface area contributed by atoms with Crippen LogP contribution >= 0.6 is 0 Å². The molecule has 0 aromatic carbocycles. The number of nitrogens with one attached hydrogen (secondary N) is 1. The Morgan fingerprint density at radius 3 is 3.00 bits per heavy atom. The number of fused-ring (bicyclic) bond motifs is 2. The van der Waals surface area contributed by atoms with Crippen molar-refractivity contribution in [1.29, 1.82) is 0 Å². The summed E-state index contributed by atoms with van der Waals surface area (Å²) in [5.74, 6) is 0.963. The SMILES string of the molecule is NC(=O)Oc1nccc2c1CN(Cc1cn3cc(C4CC4)ccc3n1)N2. The van der Waals surface area contributed by atoms with Crippen LogP contribution < -0.4 is 15.9 Å². The summed E-state index contributed by atoms with van der Waals surface area (Å²) in [5, 5.41) is 2.00. The maximum atomic E-state index is 11.0. The number of rotatable bonds is 4. The molecule has 2 aliphatic rings. The summed E-state index contributed by atoms with van der Waals surface area (Å²) in [6.07, 6.45) is 7.53. The van der Waals surface area contributed by atoms with Crippen molar-refractivity contribution in [2.45, 2.75) is 31.8 Å². The van der Waals surface area contributed by atoms with Crippen molar-refractivity contribution in [2.75, 3.05) is 5.43 Å². The van der Waals surface area contributed by atoms with Crippen LogP contribution in [0.5, 0.6) is 5.88 Å². The molecular formula is C18H18N6O2. The van der Waals surface area contributed by atoms with Crippen LogP contribution in [0.25, 0.3) is 5.65 Å². The topological polar surface area (TPSA) is 97.8 Å². The Bertz CT molecular complexity index is 1010. The number of hydrogen-bond acceptors (Lipinski definition) is 6. The van der Waals surface area contributed by atoms with Crippen molar-refractivity contribution < 1.29 is 9.53 Å². The number of aromatic nitrogens is 3. The lowest BCUT2D eigenvalue weighted by atomic mass is 10.2. The molecule has 1 aliphatic carbocycles. The van der Waals surface area contributed by atoms with Crippen molar-refractivity contribution in [2.24, 2.45) is 5.73 Å². The maximum Gasteiger partial charge on any atom is 0.411 e. The smallest absolute Gasteiger partial charge is 0.391 e. The van der Waals surface area contributed by atoms with Gasteiger partial charge in [0.15, 0.2) is 0 Å². The normalized spacial score (nSPS) is 16.5. The Morgan fingerprint density at radius 2 is 2.19 bits per heavy atom. The van der Waals surface area contributed by atoms with E-state index < -0.39 is 6.09 Å². The minimum absolute atomic E-state index is 0.245. The van der Waals surface area contributed by atoms with E-state index in [4.69, 9.17) is 15.5 Å². The van der Waals surface area contributed by atoms with E-state index in [0.29, 0.717) is 13.1 Å². The van der Waals surface area contributed by atoms with Gasteiger partial charge in [-0.1, -0.05) is 6.07 Å². The number of imidazole rings is 1. The van der Waals surface area contributed by atoms with Gasteiger partial charge < -0.3 is 20.3 Å². The Labute approximate surface area is 149 Å². The summed E-state index contributed by atoms with van der Waals surface area (Å²) >= 11 is 0. The zero-order chi connectivity index (χ0) is 17.7. The van der Waals surface area contributed by atoms with E-state index in [2.05, 4.69) is 39.3 Å². The molecular weight excluding hydrogens is 332 g/mol. The number of hydrogen-bond donors (Lipinski definition) is 2. The van der Waals surface area contributed by atoms with Crippen molar-refractivity contribution in [1.82, 2.24) is 19.4 Å². The minimum Gasteiger partial charge on any atom is -0.391 e. The molecule has 5 rings (SSSR count). The van der Waals surface area contributed by atoms with E-state index in [0.717, 1.165) is 28.5 Å². The van der Waals surface area contributed by atoms with Crippen LogP contribution in [0.3, 0.4) is 0 Å². The maximum absolute atomic E-state index is 11.0. The third-order valence-corrected chi connectivity index (χ3v) is 4.77. The summed E-state index contributed by atoms with van der Waals surface area (Å²) in [5.41, 5.74) is 13.4. The van der Waals surface area contributed by atoms with Gasteiger partial charge in [-0.25, -0.2) is 19.8 Å². The van der Waals surface area contributed by atoms with Crippen LogP contribution in [0.2, 0.25) is 0 Å². The van der Waals surface area contributed by atoms with E-state index in [9.17, 15) is 4.79 Å². The summed E-state index contributed by atoms with van der Waals surface area (Å²) < 4.78 is 7.08. The Kier molecular flexibility index (Phi) is 3.32. The monoisotopic (exact) mass is 350 g/mol. The van der Waals surface area contributed by atoms with Gasteiger partial charge in [0.05, 0.1) is 30.0 Å². The van der Waals surface area contributed by atoms with E-state index >= 15 is 0 Å². The van der Waals surface area contributed by atoms with Gasteiger partial charge >= 0.3 is 6.09 Å². The molecule has 26 heavy (non-hydrogen) atoms. The fourth-order valence-corrected chi connectivity index (χ4v) is 3.40. The molecule has 1 saturated carbocycles. The number of anilines is 1. The molecule has 3 aromatic rings. The average Bonchev–Trinajstić information content (AvgIpc) is 3.25. The molecule has 0 bridgehead atoms. The summed E-state index contributed by atoms with van der Waals surface area (Å²) in [7, 11) is 0. The molecule has 1 amide bonds. The second-order valence-corrected chi connectivity index (χ2v) is 6.77. The lowest BCUT2D eigenvalue weighted by Crippen LogP contribution is -2.23. The lowest BCUT2D eigenvalue weighted by Gasteiger charge is -2.13. The molecule has 0 saturated heterocycles. The first-order valence-corrected chi connectivity index (χ1v) is 8.60. The van der Waals surface area contributed by atoms with Crippen LogP contribution in [-0.2, 0) is 13.1 Å². The highest BCUT2D eigenvalue weighted by atomic mass is 16.6. The highest BCUT2D eigenvalue weighted by Crippen LogP contribution is 2.40. The summed E-state index contributed by atoms with van der Waals surface area (Å²) in [6.45, 7) is 1.16. The zero-order valence-electron chi connectivity index (χ0n) is 14.1. The van der Waals surface area contributed by atoms with Crippen LogP contribution in [0, 0.1) is 0 Å². The first-order chi connectivity index (χ1) is 12.7. The molecule has 8 nitrogen and oxygen atoms in total. The Hall–Kier alpha value is -3.13. The number of primary amides is 1. The fourth-order valence-electron chi connectivity index (χ4n) is 3.40. The zero-order valence-corrected chi connectivity index (χ0v) is 14.1. The van der Waals surface area contributed by atoms with Crippen LogP contribution in [0.4, 0.5) is 10.5 Å². The number of ether oxygens (including phenoxy) is 1. The molecule has 0 spiro atoms. The van der Waals surface area contributed by atoms with Crippen molar-refractivity contribution >= 4 is 17.4 Å². The largest absolute Gasteiger partial charge is 0.411 e. The molecule has 1 fully saturated rings. The standard InChI is InChI=1S/C18H18N6O2/c19-18(25)26-17-14-10-24(22-15(14)5-6-20-17)9-13-8-23-7-12(11-1-2-11)3-4-16(23)21-13/h3-8,11,22H,1-2,9-10H2,(H2,19,25). The molecule has 0 unspecified atom stereocenters. The molecule has 132 valence electrons. The number of pyridine rings is 2. The second-order valence-electron chi connectivity index (χ2n) is 6.77.